The van der Waals surface area contributed by atoms with Crippen LogP contribution in [0.25, 0.3) is 10.9 Å². The number of rotatable bonds is 2. The number of nitrogens with one attached hydrogen (secondary N) is 1. The standard InChI is InChI=1S/C14H17NO2/c1-8(2)10-4-5-13-11(6-10)7-12(9(3)16)14(17)15-13/h4-9,16H,1-3H3,(H,15,17). The Balaban J connectivity index is 2.68. The van der Waals surface area contributed by atoms with Gasteiger partial charge in [-0.15, -0.1) is 0 Å². The largest absolute Gasteiger partial charge is 0.388 e. The minimum atomic E-state index is -0.745. The molecule has 2 rings (SSSR count). The normalized spacial score (nSPS) is 13.2. The van der Waals surface area contributed by atoms with Crippen LogP contribution in [0.15, 0.2) is 29.1 Å². The Bertz CT molecular complexity index is 597. The molecule has 3 nitrogen and oxygen atoms in total. The van der Waals surface area contributed by atoms with Crippen molar-refractivity contribution in [3.05, 3.63) is 45.7 Å². The highest BCUT2D eigenvalue weighted by Gasteiger charge is 2.09. The number of benzene rings is 1. The van der Waals surface area contributed by atoms with E-state index in [0.29, 0.717) is 11.5 Å². The van der Waals surface area contributed by atoms with E-state index in [9.17, 15) is 9.90 Å². The van der Waals surface area contributed by atoms with Crippen molar-refractivity contribution in [1.82, 2.24) is 4.98 Å². The summed E-state index contributed by atoms with van der Waals surface area (Å²) in [5.41, 5.74) is 2.23. The molecule has 0 spiro atoms. The molecule has 0 aliphatic rings. The van der Waals surface area contributed by atoms with Crippen LogP contribution in [0.4, 0.5) is 0 Å². The van der Waals surface area contributed by atoms with Crippen LogP contribution in [0.3, 0.4) is 0 Å². The molecule has 2 N–H and O–H groups in total. The predicted octanol–water partition coefficient (Wildman–Crippen LogP) is 2.70. The van der Waals surface area contributed by atoms with Gasteiger partial charge in [-0.1, -0.05) is 19.9 Å². The van der Waals surface area contributed by atoms with Gasteiger partial charge in [0, 0.05) is 11.1 Å². The molecule has 1 heterocycles. The molecular formula is C14H17NO2. The molecule has 0 radical (unpaired) electrons. The molecule has 1 unspecified atom stereocenters. The van der Waals surface area contributed by atoms with Gasteiger partial charge in [0.05, 0.1) is 6.10 Å². The minimum absolute atomic E-state index is 0.218. The number of aliphatic hydroxyl groups excluding tert-OH is 1. The van der Waals surface area contributed by atoms with Crippen molar-refractivity contribution in [2.24, 2.45) is 0 Å². The minimum Gasteiger partial charge on any atom is -0.388 e. The first-order chi connectivity index (χ1) is 7.99. The summed E-state index contributed by atoms with van der Waals surface area (Å²) in [4.78, 5) is 14.5. The Morgan fingerprint density at radius 3 is 2.47 bits per heavy atom. The van der Waals surface area contributed by atoms with Gasteiger partial charge in [-0.05, 0) is 42.0 Å². The van der Waals surface area contributed by atoms with Crippen LogP contribution in [0, 0.1) is 0 Å². The molecule has 3 heteroatoms. The number of pyridine rings is 1. The molecule has 2 aromatic rings. The average molecular weight is 231 g/mol. The van der Waals surface area contributed by atoms with E-state index in [1.165, 1.54) is 5.56 Å². The lowest BCUT2D eigenvalue weighted by Crippen LogP contribution is -2.14. The van der Waals surface area contributed by atoms with Crippen LogP contribution in [0.1, 0.15) is 43.9 Å². The number of fused-ring (bicyclic) bond motifs is 1. The fourth-order valence-electron chi connectivity index (χ4n) is 1.91. The second-order valence-corrected chi connectivity index (χ2v) is 4.73. The van der Waals surface area contributed by atoms with E-state index in [1.54, 1.807) is 13.0 Å². The van der Waals surface area contributed by atoms with Gasteiger partial charge in [0.15, 0.2) is 0 Å². The van der Waals surface area contributed by atoms with Crippen LogP contribution in [-0.2, 0) is 0 Å². The van der Waals surface area contributed by atoms with E-state index in [2.05, 4.69) is 24.9 Å². The number of H-pyrrole nitrogens is 1. The summed E-state index contributed by atoms with van der Waals surface area (Å²) in [5, 5.41) is 10.5. The number of aliphatic hydroxyl groups is 1. The van der Waals surface area contributed by atoms with E-state index in [0.717, 1.165) is 10.9 Å². The molecule has 0 amide bonds. The summed E-state index contributed by atoms with van der Waals surface area (Å²) in [5.74, 6) is 0.446. The molecule has 0 aliphatic carbocycles. The first kappa shape index (κ1) is 11.9. The molecule has 0 fully saturated rings. The zero-order valence-electron chi connectivity index (χ0n) is 10.3. The molecule has 1 aromatic heterocycles. The molecule has 0 saturated heterocycles. The van der Waals surface area contributed by atoms with Crippen molar-refractivity contribution < 1.29 is 5.11 Å². The Kier molecular flexibility index (Phi) is 3.03. The summed E-state index contributed by atoms with van der Waals surface area (Å²) in [6, 6.07) is 7.76. The van der Waals surface area contributed by atoms with Crippen LogP contribution in [-0.4, -0.2) is 10.1 Å². The van der Waals surface area contributed by atoms with Gasteiger partial charge < -0.3 is 10.1 Å². The second kappa shape index (κ2) is 4.34. The third kappa shape index (κ3) is 2.24. The molecule has 90 valence electrons. The Morgan fingerprint density at radius 2 is 1.88 bits per heavy atom. The zero-order valence-corrected chi connectivity index (χ0v) is 10.3. The topological polar surface area (TPSA) is 53.1 Å². The summed E-state index contributed by atoms with van der Waals surface area (Å²) >= 11 is 0. The van der Waals surface area contributed by atoms with Crippen molar-refractivity contribution >= 4 is 10.9 Å². The lowest BCUT2D eigenvalue weighted by Gasteiger charge is -2.09. The van der Waals surface area contributed by atoms with Crippen molar-refractivity contribution in [2.45, 2.75) is 32.8 Å². The summed E-state index contributed by atoms with van der Waals surface area (Å²) in [6.07, 6.45) is -0.745. The third-order valence-corrected chi connectivity index (χ3v) is 3.01. The van der Waals surface area contributed by atoms with E-state index in [4.69, 9.17) is 0 Å². The molecule has 0 bridgehead atoms. The average Bonchev–Trinajstić information content (AvgIpc) is 2.27. The molecular weight excluding hydrogens is 214 g/mol. The maximum atomic E-state index is 11.7. The molecule has 0 aliphatic heterocycles. The Morgan fingerprint density at radius 1 is 1.18 bits per heavy atom. The maximum absolute atomic E-state index is 11.7. The van der Waals surface area contributed by atoms with Crippen molar-refractivity contribution in [1.29, 1.82) is 0 Å². The van der Waals surface area contributed by atoms with Crippen LogP contribution >= 0.6 is 0 Å². The fourth-order valence-corrected chi connectivity index (χ4v) is 1.91. The molecule has 17 heavy (non-hydrogen) atoms. The molecule has 1 aromatic carbocycles. The quantitative estimate of drug-likeness (QED) is 0.835. The van der Waals surface area contributed by atoms with Crippen molar-refractivity contribution in [2.75, 3.05) is 0 Å². The highest BCUT2D eigenvalue weighted by atomic mass is 16.3. The van der Waals surface area contributed by atoms with Crippen LogP contribution in [0.2, 0.25) is 0 Å². The lowest BCUT2D eigenvalue weighted by molar-refractivity contribution is 0.198. The lowest BCUT2D eigenvalue weighted by atomic mass is 10.00. The molecule has 1 atom stereocenters. The van der Waals surface area contributed by atoms with E-state index >= 15 is 0 Å². The summed E-state index contributed by atoms with van der Waals surface area (Å²) in [7, 11) is 0. The highest BCUT2D eigenvalue weighted by Crippen LogP contribution is 2.21. The van der Waals surface area contributed by atoms with Crippen LogP contribution in [0.5, 0.6) is 0 Å². The van der Waals surface area contributed by atoms with Gasteiger partial charge in [-0.25, -0.2) is 0 Å². The van der Waals surface area contributed by atoms with Gasteiger partial charge in [0.25, 0.3) is 5.56 Å². The van der Waals surface area contributed by atoms with Crippen molar-refractivity contribution in [3.63, 3.8) is 0 Å². The smallest absolute Gasteiger partial charge is 0.254 e. The highest BCUT2D eigenvalue weighted by molar-refractivity contribution is 5.79. The van der Waals surface area contributed by atoms with Gasteiger partial charge >= 0.3 is 0 Å². The SMILES string of the molecule is CC(C)c1ccc2[nH]c(=O)c(C(C)O)cc2c1. The zero-order chi connectivity index (χ0) is 12.6. The van der Waals surface area contributed by atoms with Gasteiger partial charge in [0.2, 0.25) is 0 Å². The first-order valence-electron chi connectivity index (χ1n) is 5.84. The Labute approximate surface area is 100 Å². The van der Waals surface area contributed by atoms with Gasteiger partial charge in [0.1, 0.15) is 0 Å². The van der Waals surface area contributed by atoms with E-state index in [1.807, 2.05) is 12.1 Å². The number of aromatic amines is 1. The Hall–Kier alpha value is -1.61. The predicted molar refractivity (Wildman–Crippen MR) is 69.3 cm³/mol. The van der Waals surface area contributed by atoms with Crippen molar-refractivity contribution in [3.8, 4) is 0 Å². The number of hydrogen-bond donors (Lipinski definition) is 2. The number of hydrogen-bond acceptors (Lipinski definition) is 2. The maximum Gasteiger partial charge on any atom is 0.254 e. The fraction of sp³-hybridized carbons (Fsp3) is 0.357. The summed E-state index contributed by atoms with van der Waals surface area (Å²) < 4.78 is 0. The monoisotopic (exact) mass is 231 g/mol. The number of aromatic nitrogens is 1. The summed E-state index contributed by atoms with van der Waals surface area (Å²) in [6.45, 7) is 5.85. The van der Waals surface area contributed by atoms with E-state index < -0.39 is 6.10 Å². The van der Waals surface area contributed by atoms with Crippen LogP contribution < -0.4 is 5.56 Å². The first-order valence-corrected chi connectivity index (χ1v) is 5.84. The second-order valence-electron chi connectivity index (χ2n) is 4.73. The molecule has 0 saturated carbocycles. The third-order valence-electron chi connectivity index (χ3n) is 3.01. The van der Waals surface area contributed by atoms with Gasteiger partial charge in [-0.2, -0.15) is 0 Å². The van der Waals surface area contributed by atoms with Gasteiger partial charge in [-0.3, -0.25) is 4.79 Å². The van der Waals surface area contributed by atoms with E-state index in [-0.39, 0.29) is 5.56 Å².